The van der Waals surface area contributed by atoms with E-state index in [-0.39, 0.29) is 6.04 Å². The molecule has 1 aliphatic heterocycles. The molecule has 32 heavy (non-hydrogen) atoms. The fraction of sp³-hybridized carbons (Fsp3) is 0.520. The molecule has 1 heterocycles. The summed E-state index contributed by atoms with van der Waals surface area (Å²) < 4.78 is 29.3. The number of nitrogens with zero attached hydrogens (tertiary/aromatic N) is 3. The Morgan fingerprint density at radius 3 is 2.25 bits per heavy atom. The molecule has 0 unspecified atom stereocenters. The van der Waals surface area contributed by atoms with Gasteiger partial charge in [0.15, 0.2) is 0 Å². The van der Waals surface area contributed by atoms with Crippen molar-refractivity contribution in [3.63, 3.8) is 0 Å². The number of nitrogens with one attached hydrogen (secondary N) is 1. The maximum Gasteiger partial charge on any atom is 0.240 e. The molecular weight excluding hydrogens is 420 g/mol. The van der Waals surface area contributed by atoms with E-state index in [1.807, 2.05) is 26.2 Å². The highest BCUT2D eigenvalue weighted by molar-refractivity contribution is 7.89. The largest absolute Gasteiger partial charge is 0.378 e. The zero-order chi connectivity index (χ0) is 22.7. The van der Waals surface area contributed by atoms with E-state index in [2.05, 4.69) is 50.7 Å². The fourth-order valence-corrected chi connectivity index (χ4v) is 5.82. The SMILES string of the molecule is CN1CCN([C@@H](CNS(=O)(=O)c2ccc3c(c2)CCCC3)c2ccc(N(C)C)cc2)CC1. The van der Waals surface area contributed by atoms with Gasteiger partial charge in [0.05, 0.1) is 4.90 Å². The molecule has 6 nitrogen and oxygen atoms in total. The van der Waals surface area contributed by atoms with Gasteiger partial charge in [-0.3, -0.25) is 4.90 Å². The molecule has 7 heteroatoms. The maximum absolute atomic E-state index is 13.2. The van der Waals surface area contributed by atoms with Crippen LogP contribution in [-0.4, -0.2) is 72.1 Å². The van der Waals surface area contributed by atoms with Crippen molar-refractivity contribution in [2.75, 3.05) is 58.8 Å². The number of rotatable bonds is 7. The first kappa shape index (κ1) is 23.2. The van der Waals surface area contributed by atoms with Gasteiger partial charge in [-0.25, -0.2) is 13.1 Å². The van der Waals surface area contributed by atoms with Crippen LogP contribution in [0.4, 0.5) is 5.69 Å². The first-order valence-electron chi connectivity index (χ1n) is 11.6. The molecule has 174 valence electrons. The van der Waals surface area contributed by atoms with Gasteiger partial charge in [0.1, 0.15) is 0 Å². The standard InChI is InChI=1S/C25H36N4O2S/c1-27(2)23-11-8-21(9-12-23)25(29-16-14-28(3)15-17-29)19-26-32(30,31)24-13-10-20-6-4-5-7-22(20)18-24/h8-13,18,25-26H,4-7,14-17,19H2,1-3H3/t25-/m0/s1. The van der Waals surface area contributed by atoms with Crippen LogP contribution in [0.1, 0.15) is 35.6 Å². The first-order chi connectivity index (χ1) is 15.3. The summed E-state index contributed by atoms with van der Waals surface area (Å²) >= 11 is 0. The Bertz CT molecular complexity index is 1010. The van der Waals surface area contributed by atoms with Gasteiger partial charge in [0.2, 0.25) is 10.0 Å². The molecule has 1 saturated heterocycles. The van der Waals surface area contributed by atoms with Gasteiger partial charge in [-0.1, -0.05) is 18.2 Å². The molecule has 0 radical (unpaired) electrons. The van der Waals surface area contributed by atoms with Gasteiger partial charge in [-0.15, -0.1) is 0 Å². The van der Waals surface area contributed by atoms with E-state index in [0.717, 1.165) is 56.7 Å². The van der Waals surface area contributed by atoms with E-state index in [1.165, 1.54) is 17.5 Å². The fourth-order valence-electron chi connectivity index (χ4n) is 4.73. The second kappa shape index (κ2) is 9.91. The van der Waals surface area contributed by atoms with Gasteiger partial charge < -0.3 is 9.80 Å². The predicted molar refractivity (Wildman–Crippen MR) is 131 cm³/mol. The molecule has 1 aliphatic carbocycles. The number of anilines is 1. The number of aryl methyl sites for hydroxylation is 2. The van der Waals surface area contributed by atoms with Crippen LogP contribution in [0, 0.1) is 0 Å². The van der Waals surface area contributed by atoms with Crippen molar-refractivity contribution in [2.24, 2.45) is 0 Å². The van der Waals surface area contributed by atoms with E-state index in [1.54, 1.807) is 6.07 Å². The van der Waals surface area contributed by atoms with Crippen LogP contribution in [0.5, 0.6) is 0 Å². The molecule has 4 rings (SSSR count). The van der Waals surface area contributed by atoms with Crippen molar-refractivity contribution < 1.29 is 8.42 Å². The smallest absolute Gasteiger partial charge is 0.240 e. The van der Waals surface area contributed by atoms with Crippen LogP contribution in [0.2, 0.25) is 0 Å². The van der Waals surface area contributed by atoms with Crippen molar-refractivity contribution >= 4 is 15.7 Å². The summed E-state index contributed by atoms with van der Waals surface area (Å²) in [5, 5.41) is 0. The van der Waals surface area contributed by atoms with Crippen LogP contribution < -0.4 is 9.62 Å². The molecule has 0 amide bonds. The molecule has 2 aromatic rings. The van der Waals surface area contributed by atoms with Crippen LogP contribution in [-0.2, 0) is 22.9 Å². The number of likely N-dealkylation sites (N-methyl/N-ethyl adjacent to an activating group) is 1. The summed E-state index contributed by atoms with van der Waals surface area (Å²) in [7, 11) is 2.63. The Morgan fingerprint density at radius 2 is 1.59 bits per heavy atom. The average molecular weight is 457 g/mol. The minimum atomic E-state index is -3.56. The lowest BCUT2D eigenvalue weighted by Crippen LogP contribution is -2.48. The highest BCUT2D eigenvalue weighted by Gasteiger charge is 2.26. The lowest BCUT2D eigenvalue weighted by molar-refractivity contribution is 0.113. The summed E-state index contributed by atoms with van der Waals surface area (Å²) in [6.07, 6.45) is 4.35. The normalized spacial score (nSPS) is 18.8. The molecule has 0 aromatic heterocycles. The van der Waals surface area contributed by atoms with Crippen molar-refractivity contribution in [2.45, 2.75) is 36.6 Å². The predicted octanol–water partition coefficient (Wildman–Crippen LogP) is 2.90. The summed E-state index contributed by atoms with van der Waals surface area (Å²) in [5.41, 5.74) is 4.77. The molecule has 0 spiro atoms. The Hall–Kier alpha value is -1.93. The minimum Gasteiger partial charge on any atom is -0.378 e. The topological polar surface area (TPSA) is 55.9 Å². The monoisotopic (exact) mass is 456 g/mol. The van der Waals surface area contributed by atoms with Crippen LogP contribution in [0.15, 0.2) is 47.4 Å². The summed E-state index contributed by atoms with van der Waals surface area (Å²) in [6.45, 7) is 4.20. The van der Waals surface area contributed by atoms with Gasteiger partial charge in [-0.05, 0) is 73.7 Å². The number of benzene rings is 2. The van der Waals surface area contributed by atoms with Crippen LogP contribution in [0.25, 0.3) is 0 Å². The van der Waals surface area contributed by atoms with Gasteiger partial charge in [-0.2, -0.15) is 0 Å². The van der Waals surface area contributed by atoms with Crippen molar-refractivity contribution in [3.8, 4) is 0 Å². The molecule has 1 atom stereocenters. The lowest BCUT2D eigenvalue weighted by atomic mass is 9.92. The Kier molecular flexibility index (Phi) is 7.20. The zero-order valence-electron chi connectivity index (χ0n) is 19.5. The van der Waals surface area contributed by atoms with Gasteiger partial charge in [0.25, 0.3) is 0 Å². The van der Waals surface area contributed by atoms with Gasteiger partial charge >= 0.3 is 0 Å². The third-order valence-electron chi connectivity index (χ3n) is 6.87. The molecule has 1 fully saturated rings. The lowest BCUT2D eigenvalue weighted by Gasteiger charge is -2.38. The summed E-state index contributed by atoms with van der Waals surface area (Å²) in [5.74, 6) is 0. The minimum absolute atomic E-state index is 0.00677. The van der Waals surface area contributed by atoms with E-state index in [9.17, 15) is 8.42 Å². The Morgan fingerprint density at radius 1 is 0.938 bits per heavy atom. The average Bonchev–Trinajstić information content (AvgIpc) is 2.80. The van der Waals surface area contributed by atoms with Crippen molar-refractivity contribution in [1.29, 1.82) is 0 Å². The quantitative estimate of drug-likeness (QED) is 0.694. The highest BCUT2D eigenvalue weighted by atomic mass is 32.2. The maximum atomic E-state index is 13.2. The van der Waals surface area contributed by atoms with E-state index in [0.29, 0.717) is 11.4 Å². The zero-order valence-corrected chi connectivity index (χ0v) is 20.4. The number of sulfonamides is 1. The second-order valence-electron chi connectivity index (χ2n) is 9.33. The number of fused-ring (bicyclic) bond motifs is 1. The molecule has 0 bridgehead atoms. The summed E-state index contributed by atoms with van der Waals surface area (Å²) in [4.78, 5) is 7.19. The third-order valence-corrected chi connectivity index (χ3v) is 8.29. The Balaban J connectivity index is 1.53. The van der Waals surface area contributed by atoms with E-state index < -0.39 is 10.0 Å². The van der Waals surface area contributed by atoms with Gasteiger partial charge in [0, 0.05) is 58.5 Å². The summed E-state index contributed by atoms with van der Waals surface area (Å²) in [6, 6.07) is 14.1. The molecule has 2 aromatic carbocycles. The Labute approximate surface area is 193 Å². The third kappa shape index (κ3) is 5.34. The molecule has 2 aliphatic rings. The van der Waals surface area contributed by atoms with E-state index >= 15 is 0 Å². The number of hydrogen-bond acceptors (Lipinski definition) is 5. The first-order valence-corrected chi connectivity index (χ1v) is 13.1. The van der Waals surface area contributed by atoms with Crippen LogP contribution in [0.3, 0.4) is 0 Å². The number of hydrogen-bond donors (Lipinski definition) is 1. The van der Waals surface area contributed by atoms with Crippen molar-refractivity contribution in [3.05, 3.63) is 59.2 Å². The molecule has 0 saturated carbocycles. The van der Waals surface area contributed by atoms with E-state index in [4.69, 9.17) is 0 Å². The highest BCUT2D eigenvalue weighted by Crippen LogP contribution is 2.26. The number of piperazine rings is 1. The molecular formula is C25H36N4O2S. The second-order valence-corrected chi connectivity index (χ2v) is 11.1. The van der Waals surface area contributed by atoms with Crippen molar-refractivity contribution in [1.82, 2.24) is 14.5 Å². The molecule has 1 N–H and O–H groups in total. The van der Waals surface area contributed by atoms with Crippen LogP contribution >= 0.6 is 0 Å².